The van der Waals surface area contributed by atoms with Gasteiger partial charge < -0.3 is 9.73 Å². The van der Waals surface area contributed by atoms with Crippen molar-refractivity contribution in [2.45, 2.75) is 39.5 Å². The summed E-state index contributed by atoms with van der Waals surface area (Å²) in [7, 11) is 0. The number of hydrogen-bond acceptors (Lipinski definition) is 3. The molecule has 0 atom stereocenters. The van der Waals surface area contributed by atoms with Gasteiger partial charge in [-0.3, -0.25) is 0 Å². The molecule has 1 N–H and O–H groups in total. The van der Waals surface area contributed by atoms with E-state index in [1.54, 1.807) is 6.26 Å². The average molecular weight is 229 g/mol. The van der Waals surface area contributed by atoms with E-state index in [2.05, 4.69) is 19.2 Å². The third kappa shape index (κ3) is 8.58. The maximum absolute atomic E-state index is 5.19. The lowest BCUT2D eigenvalue weighted by molar-refractivity contribution is 0.488. The fourth-order valence-corrected chi connectivity index (χ4v) is 1.73. The molecule has 0 aromatic carbocycles. The van der Waals surface area contributed by atoms with Crippen LogP contribution in [0.15, 0.2) is 22.8 Å². The van der Waals surface area contributed by atoms with E-state index in [4.69, 9.17) is 4.42 Å². The van der Waals surface area contributed by atoms with Gasteiger partial charge in [0.05, 0.1) is 12.8 Å². The lowest BCUT2D eigenvalue weighted by Gasteiger charge is -2.04. The number of thioether (sulfide) groups is 1. The second-order valence-electron chi connectivity index (χ2n) is 3.18. The summed E-state index contributed by atoms with van der Waals surface area (Å²) in [5.74, 6) is 2.17. The second kappa shape index (κ2) is 10.1. The van der Waals surface area contributed by atoms with Gasteiger partial charge in [0.2, 0.25) is 0 Å². The molecule has 1 heterocycles. The highest BCUT2D eigenvalue weighted by Crippen LogP contribution is 2.07. The van der Waals surface area contributed by atoms with Gasteiger partial charge in [-0.05, 0) is 17.4 Å². The minimum Gasteiger partial charge on any atom is -0.468 e. The molecule has 0 spiro atoms. The summed E-state index contributed by atoms with van der Waals surface area (Å²) in [6.07, 6.45) is 1.71. The molecule has 0 amide bonds. The topological polar surface area (TPSA) is 25.2 Å². The highest BCUT2D eigenvalue weighted by atomic mass is 32.2. The van der Waals surface area contributed by atoms with Crippen LogP contribution in [-0.2, 0) is 6.54 Å². The standard InChI is InChI=1S/C10H17NOS.C2H6/c1-9(2)13-7-5-11-8-10-4-3-6-12-10;1-2/h3-4,6,9,11H,5,7-8H2,1-2H3;1-2H3. The Balaban J connectivity index is 0.000000921. The number of nitrogens with one attached hydrogen (secondary N) is 1. The Labute approximate surface area is 97.8 Å². The molecule has 15 heavy (non-hydrogen) atoms. The van der Waals surface area contributed by atoms with E-state index < -0.39 is 0 Å². The summed E-state index contributed by atoms with van der Waals surface area (Å²) in [5.41, 5.74) is 0. The van der Waals surface area contributed by atoms with Crippen molar-refractivity contribution in [3.05, 3.63) is 24.2 Å². The molecule has 3 heteroatoms. The Kier molecular flexibility index (Phi) is 9.84. The summed E-state index contributed by atoms with van der Waals surface area (Å²) in [6, 6.07) is 3.91. The van der Waals surface area contributed by atoms with Crippen molar-refractivity contribution < 1.29 is 4.42 Å². The fourth-order valence-electron chi connectivity index (χ4n) is 0.992. The molecular weight excluding hydrogens is 206 g/mol. The first kappa shape index (κ1) is 14.6. The minimum atomic E-state index is 0.727. The molecule has 2 nitrogen and oxygen atoms in total. The van der Waals surface area contributed by atoms with E-state index >= 15 is 0 Å². The molecule has 1 aromatic rings. The van der Waals surface area contributed by atoms with Crippen molar-refractivity contribution in [1.29, 1.82) is 0 Å². The first-order valence-electron chi connectivity index (χ1n) is 5.63. The van der Waals surface area contributed by atoms with Gasteiger partial charge in [-0.15, -0.1) is 0 Å². The van der Waals surface area contributed by atoms with Gasteiger partial charge in [-0.2, -0.15) is 11.8 Å². The van der Waals surface area contributed by atoms with E-state index in [0.717, 1.165) is 24.1 Å². The zero-order chi connectivity index (χ0) is 11.5. The lowest BCUT2D eigenvalue weighted by Crippen LogP contribution is -2.16. The normalized spacial score (nSPS) is 9.93. The smallest absolute Gasteiger partial charge is 0.117 e. The molecule has 0 bridgehead atoms. The minimum absolute atomic E-state index is 0.727. The lowest BCUT2D eigenvalue weighted by atomic mass is 10.4. The van der Waals surface area contributed by atoms with Crippen LogP contribution in [0.5, 0.6) is 0 Å². The van der Waals surface area contributed by atoms with Gasteiger partial charge >= 0.3 is 0 Å². The average Bonchev–Trinajstić information content (AvgIpc) is 2.73. The summed E-state index contributed by atoms with van der Waals surface area (Å²) in [5, 5.41) is 4.06. The van der Waals surface area contributed by atoms with Crippen molar-refractivity contribution in [3.63, 3.8) is 0 Å². The van der Waals surface area contributed by atoms with Crippen LogP contribution in [0.3, 0.4) is 0 Å². The van der Waals surface area contributed by atoms with E-state index in [0.29, 0.717) is 0 Å². The molecule has 1 aromatic heterocycles. The van der Waals surface area contributed by atoms with Gasteiger partial charge in [0.25, 0.3) is 0 Å². The van der Waals surface area contributed by atoms with Gasteiger partial charge in [0, 0.05) is 12.3 Å². The van der Waals surface area contributed by atoms with Crippen LogP contribution in [-0.4, -0.2) is 17.5 Å². The predicted octanol–water partition coefficient (Wildman–Crippen LogP) is 3.54. The van der Waals surface area contributed by atoms with Crippen molar-refractivity contribution >= 4 is 11.8 Å². The van der Waals surface area contributed by atoms with Crippen molar-refractivity contribution in [3.8, 4) is 0 Å². The monoisotopic (exact) mass is 229 g/mol. The summed E-state index contributed by atoms with van der Waals surface area (Å²) < 4.78 is 5.19. The summed E-state index contributed by atoms with van der Waals surface area (Å²) in [6.45, 7) is 10.3. The van der Waals surface area contributed by atoms with Crippen LogP contribution in [0, 0.1) is 0 Å². The summed E-state index contributed by atoms with van der Waals surface area (Å²) in [4.78, 5) is 0. The molecule has 0 radical (unpaired) electrons. The number of rotatable bonds is 6. The second-order valence-corrected chi connectivity index (χ2v) is 4.86. The Morgan fingerprint density at radius 2 is 2.13 bits per heavy atom. The van der Waals surface area contributed by atoms with Gasteiger partial charge in [-0.25, -0.2) is 0 Å². The van der Waals surface area contributed by atoms with Crippen molar-refractivity contribution in [1.82, 2.24) is 5.32 Å². The van der Waals surface area contributed by atoms with E-state index in [-0.39, 0.29) is 0 Å². The Morgan fingerprint density at radius 1 is 1.40 bits per heavy atom. The SMILES string of the molecule is CC.CC(C)SCCNCc1ccco1. The van der Waals surface area contributed by atoms with E-state index in [9.17, 15) is 0 Å². The largest absolute Gasteiger partial charge is 0.468 e. The van der Waals surface area contributed by atoms with Crippen LogP contribution in [0.2, 0.25) is 0 Å². The van der Waals surface area contributed by atoms with Crippen molar-refractivity contribution in [2.75, 3.05) is 12.3 Å². The van der Waals surface area contributed by atoms with Crippen LogP contribution < -0.4 is 5.32 Å². The molecule has 88 valence electrons. The number of furan rings is 1. The Hall–Kier alpha value is -0.410. The molecule has 0 aliphatic heterocycles. The third-order valence-electron chi connectivity index (χ3n) is 1.61. The first-order valence-corrected chi connectivity index (χ1v) is 6.68. The highest BCUT2D eigenvalue weighted by molar-refractivity contribution is 7.99. The summed E-state index contributed by atoms with van der Waals surface area (Å²) >= 11 is 1.98. The maximum atomic E-state index is 5.19. The van der Waals surface area contributed by atoms with Crippen LogP contribution in [0.1, 0.15) is 33.5 Å². The quantitative estimate of drug-likeness (QED) is 0.755. The number of hydrogen-bond donors (Lipinski definition) is 1. The molecule has 0 unspecified atom stereocenters. The molecule has 0 saturated heterocycles. The zero-order valence-corrected chi connectivity index (χ0v) is 11.1. The van der Waals surface area contributed by atoms with E-state index in [1.807, 2.05) is 37.7 Å². The molecule has 0 fully saturated rings. The molecular formula is C12H23NOS. The van der Waals surface area contributed by atoms with Crippen LogP contribution in [0.25, 0.3) is 0 Å². The Bertz CT molecular complexity index is 209. The highest BCUT2D eigenvalue weighted by Gasteiger charge is 1.95. The van der Waals surface area contributed by atoms with Crippen molar-refractivity contribution in [2.24, 2.45) is 0 Å². The van der Waals surface area contributed by atoms with Gasteiger partial charge in [0.15, 0.2) is 0 Å². The van der Waals surface area contributed by atoms with Crippen LogP contribution in [0.4, 0.5) is 0 Å². The van der Waals surface area contributed by atoms with E-state index in [1.165, 1.54) is 5.75 Å². The molecule has 0 aliphatic carbocycles. The molecule has 0 saturated carbocycles. The van der Waals surface area contributed by atoms with Gasteiger partial charge in [0.1, 0.15) is 5.76 Å². The predicted molar refractivity (Wildman–Crippen MR) is 69.4 cm³/mol. The molecule has 0 aliphatic rings. The van der Waals surface area contributed by atoms with Gasteiger partial charge in [-0.1, -0.05) is 27.7 Å². The zero-order valence-electron chi connectivity index (χ0n) is 10.2. The molecule has 1 rings (SSSR count). The third-order valence-corrected chi connectivity index (χ3v) is 2.72. The Morgan fingerprint density at radius 3 is 2.67 bits per heavy atom. The van der Waals surface area contributed by atoms with Crippen LogP contribution >= 0.6 is 11.8 Å². The first-order chi connectivity index (χ1) is 7.29. The fraction of sp³-hybridized carbons (Fsp3) is 0.667. The maximum Gasteiger partial charge on any atom is 0.117 e.